The Hall–Kier alpha value is -2.01. The van der Waals surface area contributed by atoms with Crippen LogP contribution in [0.15, 0.2) is 36.7 Å². The van der Waals surface area contributed by atoms with Crippen LogP contribution < -0.4 is 10.5 Å². The van der Waals surface area contributed by atoms with Crippen molar-refractivity contribution in [3.8, 4) is 5.75 Å². The average molecular weight is 261 g/mol. The average Bonchev–Trinajstić information content (AvgIpc) is 2.47. The lowest BCUT2D eigenvalue weighted by molar-refractivity contribution is 0.382. The van der Waals surface area contributed by atoms with Gasteiger partial charge in [0, 0.05) is 6.20 Å². The van der Waals surface area contributed by atoms with Crippen LogP contribution in [-0.2, 0) is 5.54 Å². The van der Waals surface area contributed by atoms with Gasteiger partial charge in [0.25, 0.3) is 0 Å². The molecule has 0 saturated heterocycles. The second-order valence-corrected chi connectivity index (χ2v) is 4.24. The summed E-state index contributed by atoms with van der Waals surface area (Å²) in [7, 11) is 1.56. The van der Waals surface area contributed by atoms with Crippen LogP contribution in [-0.4, -0.2) is 17.1 Å². The van der Waals surface area contributed by atoms with Crippen LogP contribution in [0.4, 0.5) is 4.39 Å². The molecule has 100 valence electrons. The second-order valence-electron chi connectivity index (χ2n) is 4.24. The van der Waals surface area contributed by atoms with Gasteiger partial charge in [-0.15, -0.1) is 0 Å². The Bertz CT molecular complexity index is 559. The molecular formula is C14H16FN3O. The summed E-state index contributed by atoms with van der Waals surface area (Å²) < 4.78 is 18.3. The fourth-order valence-electron chi connectivity index (χ4n) is 2.00. The summed E-state index contributed by atoms with van der Waals surface area (Å²) in [6.45, 7) is 1.93. The number of rotatable bonds is 4. The molecule has 2 heterocycles. The lowest BCUT2D eigenvalue weighted by atomic mass is 9.88. The van der Waals surface area contributed by atoms with Crippen molar-refractivity contribution in [3.63, 3.8) is 0 Å². The Labute approximate surface area is 111 Å². The highest BCUT2D eigenvalue weighted by molar-refractivity contribution is 5.39. The van der Waals surface area contributed by atoms with E-state index in [-0.39, 0.29) is 0 Å². The van der Waals surface area contributed by atoms with Crippen molar-refractivity contribution in [2.45, 2.75) is 18.9 Å². The zero-order valence-electron chi connectivity index (χ0n) is 10.9. The number of pyridine rings is 2. The summed E-state index contributed by atoms with van der Waals surface area (Å²) in [5, 5.41) is 0. The van der Waals surface area contributed by atoms with Crippen molar-refractivity contribution in [2.75, 3.05) is 7.11 Å². The van der Waals surface area contributed by atoms with Crippen LogP contribution in [0.3, 0.4) is 0 Å². The van der Waals surface area contributed by atoms with Gasteiger partial charge < -0.3 is 10.5 Å². The smallest absolute Gasteiger partial charge is 0.142 e. The van der Waals surface area contributed by atoms with E-state index in [1.54, 1.807) is 31.5 Å². The Morgan fingerprint density at radius 2 is 2.11 bits per heavy atom. The molecule has 0 aliphatic carbocycles. The Morgan fingerprint density at radius 3 is 2.68 bits per heavy atom. The molecule has 2 N–H and O–H groups in total. The summed E-state index contributed by atoms with van der Waals surface area (Å²) in [5.41, 5.74) is 6.70. The van der Waals surface area contributed by atoms with Crippen molar-refractivity contribution in [1.82, 2.24) is 9.97 Å². The first-order chi connectivity index (χ1) is 9.11. The molecule has 0 aliphatic heterocycles. The molecule has 0 spiro atoms. The number of nitrogens with zero attached hydrogens (tertiary/aromatic N) is 2. The molecule has 1 atom stereocenters. The Morgan fingerprint density at radius 1 is 1.32 bits per heavy atom. The minimum absolute atomic E-state index is 0.393. The normalized spacial score (nSPS) is 13.9. The van der Waals surface area contributed by atoms with Gasteiger partial charge in [0.1, 0.15) is 22.8 Å². The van der Waals surface area contributed by atoms with Gasteiger partial charge in [-0.25, -0.2) is 4.39 Å². The molecule has 2 aromatic rings. The first-order valence-corrected chi connectivity index (χ1v) is 6.02. The molecule has 0 fully saturated rings. The van der Waals surface area contributed by atoms with E-state index in [2.05, 4.69) is 9.97 Å². The van der Waals surface area contributed by atoms with Crippen LogP contribution in [0.5, 0.6) is 5.75 Å². The first kappa shape index (κ1) is 13.4. The highest BCUT2D eigenvalue weighted by Crippen LogP contribution is 2.33. The number of aromatic nitrogens is 2. The molecule has 0 bridgehead atoms. The monoisotopic (exact) mass is 261 g/mol. The molecule has 0 aliphatic rings. The highest BCUT2D eigenvalue weighted by Gasteiger charge is 2.33. The summed E-state index contributed by atoms with van der Waals surface area (Å²) in [4.78, 5) is 8.38. The van der Waals surface area contributed by atoms with Crippen LogP contribution >= 0.6 is 0 Å². The molecule has 4 nitrogen and oxygen atoms in total. The third-order valence-corrected chi connectivity index (χ3v) is 3.16. The molecule has 0 radical (unpaired) electrons. The molecule has 5 heteroatoms. The van der Waals surface area contributed by atoms with Crippen LogP contribution in [0.25, 0.3) is 0 Å². The van der Waals surface area contributed by atoms with Crippen molar-refractivity contribution in [2.24, 2.45) is 5.73 Å². The number of methoxy groups -OCH3 is 1. The van der Waals surface area contributed by atoms with E-state index < -0.39 is 11.4 Å². The van der Waals surface area contributed by atoms with Crippen molar-refractivity contribution < 1.29 is 9.13 Å². The summed E-state index contributed by atoms with van der Waals surface area (Å²) in [6, 6.07) is 6.49. The van der Waals surface area contributed by atoms with Crippen molar-refractivity contribution in [3.05, 3.63) is 53.9 Å². The Balaban J connectivity index is 2.56. The first-order valence-electron chi connectivity index (χ1n) is 6.02. The minimum Gasteiger partial charge on any atom is -0.495 e. The number of nitrogens with two attached hydrogens (primary N) is 1. The largest absolute Gasteiger partial charge is 0.495 e. The Kier molecular flexibility index (Phi) is 3.76. The van der Waals surface area contributed by atoms with Gasteiger partial charge in [0.15, 0.2) is 0 Å². The van der Waals surface area contributed by atoms with Crippen molar-refractivity contribution >= 4 is 0 Å². The topological polar surface area (TPSA) is 61.0 Å². The minimum atomic E-state index is -0.902. The number of halogens is 1. The molecule has 2 rings (SSSR count). The van der Waals surface area contributed by atoms with Crippen LogP contribution in [0.1, 0.15) is 24.7 Å². The lowest BCUT2D eigenvalue weighted by Gasteiger charge is -2.28. The molecule has 0 saturated carbocycles. The van der Waals surface area contributed by atoms with E-state index in [1.807, 2.05) is 6.92 Å². The third-order valence-electron chi connectivity index (χ3n) is 3.16. The zero-order chi connectivity index (χ0) is 13.9. The predicted octanol–water partition coefficient (Wildman–Crippen LogP) is 2.24. The highest BCUT2D eigenvalue weighted by atomic mass is 19.1. The maximum atomic E-state index is 13.0. The number of hydrogen-bond donors (Lipinski definition) is 1. The van der Waals surface area contributed by atoms with E-state index in [4.69, 9.17) is 10.5 Å². The van der Waals surface area contributed by atoms with Crippen LogP contribution in [0, 0.1) is 5.82 Å². The van der Waals surface area contributed by atoms with Gasteiger partial charge in [-0.3, -0.25) is 9.97 Å². The maximum Gasteiger partial charge on any atom is 0.142 e. The van der Waals surface area contributed by atoms with Gasteiger partial charge in [-0.1, -0.05) is 6.92 Å². The van der Waals surface area contributed by atoms with Gasteiger partial charge >= 0.3 is 0 Å². The molecule has 19 heavy (non-hydrogen) atoms. The fraction of sp³-hybridized carbons (Fsp3) is 0.286. The molecule has 0 aromatic carbocycles. The van der Waals surface area contributed by atoms with Gasteiger partial charge in [0.2, 0.25) is 0 Å². The van der Waals surface area contributed by atoms with E-state index in [9.17, 15) is 4.39 Å². The SMILES string of the molecule is CCC(N)(c1ccc(F)cn1)c1ncccc1OC. The summed E-state index contributed by atoms with van der Waals surface area (Å²) in [6.07, 6.45) is 3.37. The molecule has 1 unspecified atom stereocenters. The van der Waals surface area contributed by atoms with Gasteiger partial charge in [0.05, 0.1) is 19.0 Å². The van der Waals surface area contributed by atoms with E-state index in [0.717, 1.165) is 6.20 Å². The number of ether oxygens (including phenoxy) is 1. The zero-order valence-corrected chi connectivity index (χ0v) is 10.9. The van der Waals surface area contributed by atoms with Crippen LogP contribution in [0.2, 0.25) is 0 Å². The lowest BCUT2D eigenvalue weighted by Crippen LogP contribution is -2.39. The third kappa shape index (κ3) is 2.42. The van der Waals surface area contributed by atoms with Gasteiger partial charge in [-0.2, -0.15) is 0 Å². The van der Waals surface area contributed by atoms with E-state index >= 15 is 0 Å². The molecular weight excluding hydrogens is 245 g/mol. The quantitative estimate of drug-likeness (QED) is 0.916. The van der Waals surface area contributed by atoms with E-state index in [1.165, 1.54) is 6.07 Å². The van der Waals surface area contributed by atoms with Gasteiger partial charge in [-0.05, 0) is 30.7 Å². The van der Waals surface area contributed by atoms with E-state index in [0.29, 0.717) is 23.6 Å². The summed E-state index contributed by atoms with van der Waals surface area (Å²) in [5.74, 6) is 0.202. The number of hydrogen-bond acceptors (Lipinski definition) is 4. The molecule has 2 aromatic heterocycles. The predicted molar refractivity (Wildman–Crippen MR) is 70.2 cm³/mol. The maximum absolute atomic E-state index is 13.0. The fourth-order valence-corrected chi connectivity index (χ4v) is 2.00. The summed E-state index contributed by atoms with van der Waals surface area (Å²) >= 11 is 0. The standard InChI is InChI=1S/C14H16FN3O/c1-3-14(16,12-7-6-10(15)9-18-12)13-11(19-2)5-4-8-17-13/h4-9H,3,16H2,1-2H3. The second kappa shape index (κ2) is 5.32. The van der Waals surface area contributed by atoms with Crippen molar-refractivity contribution in [1.29, 1.82) is 0 Å². The molecule has 0 amide bonds.